The van der Waals surface area contributed by atoms with Gasteiger partial charge in [0.1, 0.15) is 29.4 Å². The molecule has 2 heterocycles. The SMILES string of the molecule is Cn1c(C(=O)N2CCC(NCc3ccc(F)cc3)(C(N)=O)CC2)cc(-c2ccccc2Cl)c1-c1ccc(OCCO)cc1. The Morgan fingerprint density at radius 3 is 2.33 bits per heavy atom. The zero-order valence-corrected chi connectivity index (χ0v) is 24.6. The van der Waals surface area contributed by atoms with Gasteiger partial charge in [-0.3, -0.25) is 14.9 Å². The number of halogens is 2. The van der Waals surface area contributed by atoms with E-state index in [4.69, 9.17) is 27.2 Å². The van der Waals surface area contributed by atoms with Gasteiger partial charge in [-0.05, 0) is 72.5 Å². The Morgan fingerprint density at radius 1 is 1.02 bits per heavy atom. The van der Waals surface area contributed by atoms with Crippen LogP contribution in [0.3, 0.4) is 0 Å². The number of rotatable bonds is 10. The molecule has 5 rings (SSSR count). The van der Waals surface area contributed by atoms with Crippen LogP contribution in [-0.2, 0) is 18.4 Å². The van der Waals surface area contributed by atoms with Gasteiger partial charge in [-0.2, -0.15) is 0 Å². The molecule has 4 aromatic rings. The topological polar surface area (TPSA) is 110 Å². The van der Waals surface area contributed by atoms with Gasteiger partial charge in [-0.1, -0.05) is 41.9 Å². The first-order chi connectivity index (χ1) is 20.7. The number of aromatic nitrogens is 1. The number of hydrogen-bond donors (Lipinski definition) is 3. The maximum absolute atomic E-state index is 14.0. The number of nitrogens with one attached hydrogen (secondary N) is 1. The highest BCUT2D eigenvalue weighted by Crippen LogP contribution is 2.39. The lowest BCUT2D eigenvalue weighted by atomic mass is 9.86. The molecule has 3 aromatic carbocycles. The van der Waals surface area contributed by atoms with Crippen LogP contribution in [-0.4, -0.2) is 58.2 Å². The van der Waals surface area contributed by atoms with Crippen molar-refractivity contribution >= 4 is 23.4 Å². The van der Waals surface area contributed by atoms with Crippen LogP contribution in [0.15, 0.2) is 78.9 Å². The van der Waals surface area contributed by atoms with Gasteiger partial charge >= 0.3 is 0 Å². The number of amides is 2. The number of aliphatic hydroxyl groups is 1. The van der Waals surface area contributed by atoms with Crippen molar-refractivity contribution in [1.82, 2.24) is 14.8 Å². The van der Waals surface area contributed by atoms with Crippen LogP contribution in [0.5, 0.6) is 5.75 Å². The summed E-state index contributed by atoms with van der Waals surface area (Å²) < 4.78 is 20.7. The molecule has 0 saturated carbocycles. The third-order valence-electron chi connectivity index (χ3n) is 8.02. The summed E-state index contributed by atoms with van der Waals surface area (Å²) in [6, 6.07) is 22.9. The molecule has 0 atom stereocenters. The highest BCUT2D eigenvalue weighted by atomic mass is 35.5. The van der Waals surface area contributed by atoms with Gasteiger partial charge in [-0.15, -0.1) is 0 Å². The second-order valence-corrected chi connectivity index (χ2v) is 11.1. The number of nitrogens with two attached hydrogens (primary N) is 1. The summed E-state index contributed by atoms with van der Waals surface area (Å²) in [4.78, 5) is 28.3. The van der Waals surface area contributed by atoms with Gasteiger partial charge in [0.05, 0.1) is 12.3 Å². The quantitative estimate of drug-likeness (QED) is 0.242. The summed E-state index contributed by atoms with van der Waals surface area (Å²) in [5, 5.41) is 12.9. The molecular weight excluding hydrogens is 571 g/mol. The van der Waals surface area contributed by atoms with E-state index in [0.717, 1.165) is 27.9 Å². The number of piperidine rings is 1. The van der Waals surface area contributed by atoms with E-state index in [1.807, 2.05) is 66.2 Å². The minimum absolute atomic E-state index is 0.0803. The molecule has 1 aliphatic heterocycles. The van der Waals surface area contributed by atoms with Gasteiger partial charge in [0.2, 0.25) is 5.91 Å². The van der Waals surface area contributed by atoms with Crippen molar-refractivity contribution in [2.75, 3.05) is 26.3 Å². The van der Waals surface area contributed by atoms with Crippen LogP contribution in [0.25, 0.3) is 22.4 Å². The van der Waals surface area contributed by atoms with Gasteiger partial charge in [0.15, 0.2) is 0 Å². The maximum Gasteiger partial charge on any atom is 0.270 e. The molecule has 4 N–H and O–H groups in total. The summed E-state index contributed by atoms with van der Waals surface area (Å²) in [6.45, 7) is 1.13. The average molecular weight is 605 g/mol. The van der Waals surface area contributed by atoms with Crippen molar-refractivity contribution in [3.8, 4) is 28.1 Å². The standard InChI is InChI=1S/C33H34ClFN4O4/c1-38-29(31(41)39-16-14-33(15-17-39,32(36)42)37-21-22-6-10-24(35)11-7-22)20-27(26-4-2-3-5-28(26)34)30(38)23-8-12-25(13-9-23)43-19-18-40/h2-13,20,37,40H,14-19,21H2,1H3,(H2,36,42). The molecule has 0 radical (unpaired) electrons. The Kier molecular flexibility index (Phi) is 9.15. The Bertz CT molecular complexity index is 1600. The fourth-order valence-electron chi connectivity index (χ4n) is 5.55. The van der Waals surface area contributed by atoms with Crippen molar-refractivity contribution < 1.29 is 23.8 Å². The molecule has 1 saturated heterocycles. The normalized spacial score (nSPS) is 14.5. The summed E-state index contributed by atoms with van der Waals surface area (Å²) in [5.74, 6) is -0.343. The van der Waals surface area contributed by atoms with Crippen molar-refractivity contribution in [3.05, 3.63) is 101 Å². The third-order valence-corrected chi connectivity index (χ3v) is 8.35. The summed E-state index contributed by atoms with van der Waals surface area (Å²) in [7, 11) is 1.85. The van der Waals surface area contributed by atoms with E-state index in [1.54, 1.807) is 17.0 Å². The monoisotopic (exact) mass is 604 g/mol. The predicted molar refractivity (Wildman–Crippen MR) is 164 cm³/mol. The lowest BCUT2D eigenvalue weighted by molar-refractivity contribution is -0.126. The van der Waals surface area contributed by atoms with Crippen LogP contribution in [0, 0.1) is 5.82 Å². The molecule has 1 aliphatic rings. The number of ether oxygens (including phenoxy) is 1. The molecule has 224 valence electrons. The lowest BCUT2D eigenvalue weighted by Gasteiger charge is -2.40. The summed E-state index contributed by atoms with van der Waals surface area (Å²) >= 11 is 6.62. The van der Waals surface area contributed by atoms with Crippen LogP contribution in [0.1, 0.15) is 28.9 Å². The highest BCUT2D eigenvalue weighted by molar-refractivity contribution is 6.33. The van der Waals surface area contributed by atoms with Gasteiger partial charge < -0.3 is 25.0 Å². The van der Waals surface area contributed by atoms with Crippen LogP contribution in [0.4, 0.5) is 4.39 Å². The van der Waals surface area contributed by atoms with Gasteiger partial charge in [-0.25, -0.2) is 4.39 Å². The number of hydrogen-bond acceptors (Lipinski definition) is 5. The van der Waals surface area contributed by atoms with E-state index in [9.17, 15) is 14.0 Å². The van der Waals surface area contributed by atoms with E-state index in [2.05, 4.69) is 5.32 Å². The maximum atomic E-state index is 14.0. The molecule has 1 fully saturated rings. The van der Waals surface area contributed by atoms with E-state index in [-0.39, 0.29) is 24.9 Å². The first-order valence-corrected chi connectivity index (χ1v) is 14.5. The number of likely N-dealkylation sites (tertiary alicyclic amines) is 1. The first-order valence-electron chi connectivity index (χ1n) is 14.1. The van der Waals surface area contributed by atoms with E-state index in [1.165, 1.54) is 12.1 Å². The largest absolute Gasteiger partial charge is 0.491 e. The van der Waals surface area contributed by atoms with Gasteiger partial charge in [0, 0.05) is 42.8 Å². The van der Waals surface area contributed by atoms with Gasteiger partial charge in [0.25, 0.3) is 5.91 Å². The molecule has 0 aliphatic carbocycles. The fraction of sp³-hybridized carbons (Fsp3) is 0.273. The number of benzene rings is 3. The Hall–Kier alpha value is -4.18. The molecule has 0 unspecified atom stereocenters. The second kappa shape index (κ2) is 13.0. The zero-order valence-electron chi connectivity index (χ0n) is 23.9. The smallest absolute Gasteiger partial charge is 0.270 e. The number of carbonyl (C=O) groups is 2. The third kappa shape index (κ3) is 6.44. The lowest BCUT2D eigenvalue weighted by Crippen LogP contribution is -2.61. The van der Waals surface area contributed by atoms with Crippen molar-refractivity contribution in [2.24, 2.45) is 12.8 Å². The molecule has 8 nitrogen and oxygen atoms in total. The molecule has 0 spiro atoms. The molecule has 2 amide bonds. The number of nitrogens with zero attached hydrogens (tertiary/aromatic N) is 2. The van der Waals surface area contributed by atoms with Crippen LogP contribution < -0.4 is 15.8 Å². The number of primary amides is 1. The molecular formula is C33H34ClFN4O4. The summed E-state index contributed by atoms with van der Waals surface area (Å²) in [6.07, 6.45) is 0.693. The zero-order chi connectivity index (χ0) is 30.6. The minimum atomic E-state index is -0.979. The molecule has 1 aromatic heterocycles. The van der Waals surface area contributed by atoms with E-state index >= 15 is 0 Å². The first kappa shape index (κ1) is 30.3. The number of aliphatic hydroxyl groups excluding tert-OH is 1. The minimum Gasteiger partial charge on any atom is -0.491 e. The predicted octanol–water partition coefficient (Wildman–Crippen LogP) is 4.77. The Morgan fingerprint density at radius 2 is 1.70 bits per heavy atom. The highest BCUT2D eigenvalue weighted by Gasteiger charge is 2.41. The molecule has 43 heavy (non-hydrogen) atoms. The van der Waals surface area contributed by atoms with Crippen LogP contribution >= 0.6 is 11.6 Å². The van der Waals surface area contributed by atoms with Crippen molar-refractivity contribution in [1.29, 1.82) is 0 Å². The summed E-state index contributed by atoms with van der Waals surface area (Å²) in [5.41, 5.74) is 9.47. The molecule has 0 bridgehead atoms. The second-order valence-electron chi connectivity index (χ2n) is 10.6. The number of carbonyl (C=O) groups excluding carboxylic acids is 2. The van der Waals surface area contributed by atoms with E-state index < -0.39 is 11.4 Å². The van der Waals surface area contributed by atoms with E-state index in [0.29, 0.717) is 48.9 Å². The average Bonchev–Trinajstić information content (AvgIpc) is 3.36. The van der Waals surface area contributed by atoms with Crippen molar-refractivity contribution in [3.63, 3.8) is 0 Å². The Balaban J connectivity index is 1.40. The van der Waals surface area contributed by atoms with Crippen molar-refractivity contribution in [2.45, 2.75) is 24.9 Å². The Labute approximate surface area is 254 Å². The fourth-order valence-corrected chi connectivity index (χ4v) is 5.79. The molecule has 10 heteroatoms. The van der Waals surface area contributed by atoms with Crippen LogP contribution in [0.2, 0.25) is 5.02 Å².